The van der Waals surface area contributed by atoms with Crippen molar-refractivity contribution in [3.8, 4) is 0 Å². The molecule has 9 nitrogen and oxygen atoms in total. The maximum absolute atomic E-state index is 10.0. The maximum Gasteiger partial charge on any atom is 0.167 e. The van der Waals surface area contributed by atoms with Crippen LogP contribution in [0.3, 0.4) is 0 Å². The van der Waals surface area contributed by atoms with Crippen LogP contribution in [0.2, 0.25) is 0 Å². The molecule has 20 heavy (non-hydrogen) atoms. The van der Waals surface area contributed by atoms with E-state index in [1.165, 1.54) is 17.2 Å². The molecule has 0 spiro atoms. The van der Waals surface area contributed by atoms with E-state index < -0.39 is 24.5 Å². The number of nitrogens with zero attached hydrogens (tertiary/aromatic N) is 4. The Labute approximate surface area is 113 Å². The van der Waals surface area contributed by atoms with Gasteiger partial charge < -0.3 is 25.4 Å². The van der Waals surface area contributed by atoms with Gasteiger partial charge in [-0.25, -0.2) is 15.0 Å². The van der Waals surface area contributed by atoms with Crippen LogP contribution < -0.4 is 5.32 Å². The number of aromatic nitrogens is 4. The fraction of sp³-hybridized carbons (Fsp3) is 0.545. The van der Waals surface area contributed by atoms with Crippen LogP contribution in [0.5, 0.6) is 0 Å². The minimum atomic E-state index is -1.17. The maximum atomic E-state index is 10.0. The second-order valence-electron chi connectivity index (χ2n) is 4.53. The van der Waals surface area contributed by atoms with E-state index in [0.29, 0.717) is 17.0 Å². The van der Waals surface area contributed by atoms with Crippen molar-refractivity contribution in [2.24, 2.45) is 0 Å². The van der Waals surface area contributed by atoms with Crippen LogP contribution in [0.1, 0.15) is 6.23 Å². The summed E-state index contributed by atoms with van der Waals surface area (Å²) in [6, 6.07) is 0. The van der Waals surface area contributed by atoms with Crippen LogP contribution in [-0.4, -0.2) is 66.8 Å². The normalized spacial score (nSPS) is 30.0. The van der Waals surface area contributed by atoms with Crippen LogP contribution in [0.4, 0.5) is 5.82 Å². The molecule has 3 rings (SSSR count). The van der Waals surface area contributed by atoms with Gasteiger partial charge in [0.1, 0.15) is 30.2 Å². The lowest BCUT2D eigenvalue weighted by Crippen LogP contribution is -2.33. The van der Waals surface area contributed by atoms with E-state index in [9.17, 15) is 10.2 Å². The molecule has 2 aromatic rings. The first kappa shape index (κ1) is 13.2. The second kappa shape index (κ2) is 4.94. The summed E-state index contributed by atoms with van der Waals surface area (Å²) in [5.41, 5.74) is 1.01. The molecule has 4 atom stereocenters. The molecule has 108 valence electrons. The lowest BCUT2D eigenvalue weighted by atomic mass is 10.1. The Balaban J connectivity index is 2.03. The molecule has 0 amide bonds. The lowest BCUT2D eigenvalue weighted by Gasteiger charge is -2.16. The van der Waals surface area contributed by atoms with Gasteiger partial charge in [0.25, 0.3) is 0 Å². The van der Waals surface area contributed by atoms with Gasteiger partial charge in [0, 0.05) is 7.05 Å². The number of ether oxygens (including phenoxy) is 1. The molecule has 0 radical (unpaired) electrons. The van der Waals surface area contributed by atoms with Crippen molar-refractivity contribution in [1.82, 2.24) is 19.5 Å². The summed E-state index contributed by atoms with van der Waals surface area (Å²) in [6.07, 6.45) is -1.19. The first-order chi connectivity index (χ1) is 9.67. The summed E-state index contributed by atoms with van der Waals surface area (Å²) in [4.78, 5) is 12.3. The number of nitrogens with one attached hydrogen (secondary N) is 1. The summed E-state index contributed by atoms with van der Waals surface area (Å²) in [5, 5.41) is 31.8. The quantitative estimate of drug-likeness (QED) is 0.534. The van der Waals surface area contributed by atoms with Gasteiger partial charge in [0.05, 0.1) is 12.9 Å². The first-order valence-electron chi connectivity index (χ1n) is 6.15. The van der Waals surface area contributed by atoms with E-state index in [1.54, 1.807) is 7.05 Å². The Bertz CT molecular complexity index is 618. The summed E-state index contributed by atoms with van der Waals surface area (Å²) in [6.45, 7) is -0.377. The SMILES string of the molecule is CNc1ncnc2c1ncn2[C@H]1O[C@@H](CO)[C@H](O)[C@@H]1O. The summed E-state index contributed by atoms with van der Waals surface area (Å²) >= 11 is 0. The Kier molecular flexibility index (Phi) is 3.26. The van der Waals surface area contributed by atoms with Gasteiger partial charge in [0.2, 0.25) is 0 Å². The van der Waals surface area contributed by atoms with Crippen molar-refractivity contribution in [1.29, 1.82) is 0 Å². The molecule has 0 aromatic carbocycles. The van der Waals surface area contributed by atoms with E-state index in [4.69, 9.17) is 9.84 Å². The number of aliphatic hydroxyl groups excluding tert-OH is 3. The van der Waals surface area contributed by atoms with Crippen molar-refractivity contribution < 1.29 is 20.1 Å². The molecule has 3 heterocycles. The topological polar surface area (TPSA) is 126 Å². The summed E-state index contributed by atoms with van der Waals surface area (Å²) in [7, 11) is 1.72. The third kappa shape index (κ3) is 1.83. The number of hydrogen-bond donors (Lipinski definition) is 4. The zero-order valence-corrected chi connectivity index (χ0v) is 10.7. The van der Waals surface area contributed by atoms with Crippen molar-refractivity contribution in [2.75, 3.05) is 19.0 Å². The average molecular weight is 281 g/mol. The molecule has 1 saturated heterocycles. The highest BCUT2D eigenvalue weighted by Gasteiger charge is 2.43. The standard InChI is InChI=1S/C11H15N5O4/c1-12-9-6-10(14-3-13-9)16(4-15-6)11-8(19)7(18)5(2-17)20-11/h3-5,7-8,11,17-19H,2H2,1H3,(H,12,13,14)/t5-,7-,8-,11-/m0/s1. The fourth-order valence-electron chi connectivity index (χ4n) is 2.33. The van der Waals surface area contributed by atoms with Crippen LogP contribution in [0.15, 0.2) is 12.7 Å². The summed E-state index contributed by atoms with van der Waals surface area (Å²) < 4.78 is 6.97. The molecule has 0 aliphatic carbocycles. The third-order valence-corrected chi connectivity index (χ3v) is 3.39. The molecule has 1 fully saturated rings. The monoisotopic (exact) mass is 281 g/mol. The number of fused-ring (bicyclic) bond motifs is 1. The van der Waals surface area contributed by atoms with E-state index in [-0.39, 0.29) is 6.61 Å². The van der Waals surface area contributed by atoms with Gasteiger partial charge in [-0.15, -0.1) is 0 Å². The fourth-order valence-corrected chi connectivity index (χ4v) is 2.33. The van der Waals surface area contributed by atoms with E-state index >= 15 is 0 Å². The zero-order chi connectivity index (χ0) is 14.3. The molecule has 0 saturated carbocycles. The van der Waals surface area contributed by atoms with Crippen molar-refractivity contribution in [3.05, 3.63) is 12.7 Å². The zero-order valence-electron chi connectivity index (χ0n) is 10.7. The smallest absolute Gasteiger partial charge is 0.167 e. The average Bonchev–Trinajstić information content (AvgIpc) is 3.01. The number of imidazole rings is 1. The Morgan fingerprint density at radius 1 is 1.30 bits per heavy atom. The highest BCUT2D eigenvalue weighted by molar-refractivity contribution is 5.82. The molecule has 1 aliphatic heterocycles. The van der Waals surface area contributed by atoms with E-state index in [2.05, 4.69) is 20.3 Å². The van der Waals surface area contributed by atoms with Gasteiger partial charge in [-0.3, -0.25) is 4.57 Å². The first-order valence-corrected chi connectivity index (χ1v) is 6.15. The van der Waals surface area contributed by atoms with Crippen molar-refractivity contribution in [2.45, 2.75) is 24.5 Å². The lowest BCUT2D eigenvalue weighted by molar-refractivity contribution is -0.0511. The van der Waals surface area contributed by atoms with Gasteiger partial charge in [0.15, 0.2) is 17.7 Å². The molecular weight excluding hydrogens is 266 g/mol. The van der Waals surface area contributed by atoms with E-state index in [1.807, 2.05) is 0 Å². The van der Waals surface area contributed by atoms with Gasteiger partial charge in [-0.2, -0.15) is 0 Å². The number of aliphatic hydroxyl groups is 3. The molecule has 9 heteroatoms. The Morgan fingerprint density at radius 2 is 2.10 bits per heavy atom. The minimum Gasteiger partial charge on any atom is -0.394 e. The molecule has 1 aliphatic rings. The van der Waals surface area contributed by atoms with Gasteiger partial charge >= 0.3 is 0 Å². The van der Waals surface area contributed by atoms with Crippen LogP contribution in [0.25, 0.3) is 11.2 Å². The minimum absolute atomic E-state index is 0.377. The molecule has 0 bridgehead atoms. The molecular formula is C11H15N5O4. The van der Waals surface area contributed by atoms with Crippen LogP contribution >= 0.6 is 0 Å². The number of hydrogen-bond acceptors (Lipinski definition) is 8. The number of rotatable bonds is 3. The largest absolute Gasteiger partial charge is 0.394 e. The Hall–Kier alpha value is -1.81. The predicted molar refractivity (Wildman–Crippen MR) is 67.9 cm³/mol. The van der Waals surface area contributed by atoms with Crippen LogP contribution in [-0.2, 0) is 4.74 Å². The van der Waals surface area contributed by atoms with Crippen LogP contribution in [0, 0.1) is 0 Å². The van der Waals surface area contributed by atoms with E-state index in [0.717, 1.165) is 0 Å². The Morgan fingerprint density at radius 3 is 2.75 bits per heavy atom. The number of anilines is 1. The summed E-state index contributed by atoms with van der Waals surface area (Å²) in [5.74, 6) is 0.556. The third-order valence-electron chi connectivity index (χ3n) is 3.39. The second-order valence-corrected chi connectivity index (χ2v) is 4.53. The predicted octanol–water partition coefficient (Wildman–Crippen LogP) is -1.52. The molecule has 0 unspecified atom stereocenters. The molecule has 4 N–H and O–H groups in total. The highest BCUT2D eigenvalue weighted by Crippen LogP contribution is 2.31. The van der Waals surface area contributed by atoms with Gasteiger partial charge in [-0.1, -0.05) is 0 Å². The van der Waals surface area contributed by atoms with Crippen molar-refractivity contribution in [3.63, 3.8) is 0 Å². The molecule has 2 aromatic heterocycles. The van der Waals surface area contributed by atoms with Crippen molar-refractivity contribution >= 4 is 17.0 Å². The van der Waals surface area contributed by atoms with Gasteiger partial charge in [-0.05, 0) is 0 Å². The highest BCUT2D eigenvalue weighted by atomic mass is 16.6.